The molecule has 3 heteroatoms. The van der Waals surface area contributed by atoms with Gasteiger partial charge in [0, 0.05) is 17.7 Å². The van der Waals surface area contributed by atoms with Crippen LogP contribution in [0.4, 0.5) is 0 Å². The molecule has 0 aromatic carbocycles. The van der Waals surface area contributed by atoms with E-state index in [4.69, 9.17) is 5.73 Å². The van der Waals surface area contributed by atoms with Gasteiger partial charge in [-0.2, -0.15) is 0 Å². The Hall–Kier alpha value is -0.960. The zero-order valence-corrected chi connectivity index (χ0v) is 9.53. The number of aromatic nitrogens is 2. The number of nitrogens with zero attached hydrogens (tertiary/aromatic N) is 2. The van der Waals surface area contributed by atoms with Crippen LogP contribution in [0.2, 0.25) is 0 Å². The van der Waals surface area contributed by atoms with E-state index in [0.717, 1.165) is 12.8 Å². The summed E-state index contributed by atoms with van der Waals surface area (Å²) in [7, 11) is 0. The smallest absolute Gasteiger partial charge is 0.115 e. The molecule has 3 nitrogen and oxygen atoms in total. The zero-order valence-electron chi connectivity index (χ0n) is 9.53. The zero-order chi connectivity index (χ0) is 10.8. The second kappa shape index (κ2) is 4.27. The predicted molar refractivity (Wildman–Crippen MR) is 60.7 cm³/mol. The molecule has 2 N–H and O–H groups in total. The fraction of sp³-hybridized carbons (Fsp3) is 0.667. The first-order valence-corrected chi connectivity index (χ1v) is 5.78. The molecule has 15 heavy (non-hydrogen) atoms. The fourth-order valence-corrected chi connectivity index (χ4v) is 2.19. The molecule has 1 aromatic rings. The van der Waals surface area contributed by atoms with Gasteiger partial charge in [0.2, 0.25) is 0 Å². The molecule has 1 aliphatic rings. The fourth-order valence-electron chi connectivity index (χ4n) is 2.19. The molecule has 0 radical (unpaired) electrons. The molecule has 0 aliphatic heterocycles. The summed E-state index contributed by atoms with van der Waals surface area (Å²) in [5, 5.41) is 0. The van der Waals surface area contributed by atoms with E-state index in [9.17, 15) is 0 Å². The summed E-state index contributed by atoms with van der Waals surface area (Å²) in [5.41, 5.74) is 9.73. The monoisotopic (exact) mass is 205 g/mol. The van der Waals surface area contributed by atoms with Crippen molar-refractivity contribution in [2.24, 2.45) is 5.73 Å². The molecule has 0 saturated heterocycles. The van der Waals surface area contributed by atoms with Crippen LogP contribution in [0, 0.1) is 0 Å². The molecule has 0 fully saturated rings. The summed E-state index contributed by atoms with van der Waals surface area (Å²) < 4.78 is 0. The predicted octanol–water partition coefficient (Wildman–Crippen LogP) is 1.81. The van der Waals surface area contributed by atoms with E-state index >= 15 is 0 Å². The Morgan fingerprint density at radius 1 is 1.20 bits per heavy atom. The van der Waals surface area contributed by atoms with Crippen LogP contribution in [0.5, 0.6) is 0 Å². The Labute approximate surface area is 91.1 Å². The van der Waals surface area contributed by atoms with Gasteiger partial charge in [0.1, 0.15) is 6.33 Å². The molecule has 0 saturated carbocycles. The third-order valence-electron chi connectivity index (χ3n) is 3.38. The van der Waals surface area contributed by atoms with Gasteiger partial charge in [-0.15, -0.1) is 0 Å². The Bertz CT molecular complexity index is 347. The van der Waals surface area contributed by atoms with Crippen LogP contribution in [0.1, 0.15) is 49.6 Å². The third-order valence-corrected chi connectivity index (χ3v) is 3.38. The Kier molecular flexibility index (Phi) is 3.00. The molecule has 2 rings (SSSR count). The van der Waals surface area contributed by atoms with Crippen molar-refractivity contribution in [3.63, 3.8) is 0 Å². The molecule has 1 heterocycles. The van der Waals surface area contributed by atoms with Crippen LogP contribution < -0.4 is 5.73 Å². The number of hydrogen-bond acceptors (Lipinski definition) is 3. The highest BCUT2D eigenvalue weighted by Crippen LogP contribution is 2.27. The molecule has 0 amide bonds. The van der Waals surface area contributed by atoms with E-state index in [-0.39, 0.29) is 6.04 Å². The summed E-state index contributed by atoms with van der Waals surface area (Å²) in [6.45, 7) is 4.20. The van der Waals surface area contributed by atoms with Crippen LogP contribution in [0.3, 0.4) is 0 Å². The first kappa shape index (κ1) is 10.6. The summed E-state index contributed by atoms with van der Waals surface area (Å²) in [6.07, 6.45) is 6.45. The largest absolute Gasteiger partial charge is 0.327 e. The lowest BCUT2D eigenvalue weighted by atomic mass is 9.88. The van der Waals surface area contributed by atoms with Gasteiger partial charge in [-0.05, 0) is 38.2 Å². The lowest BCUT2D eigenvalue weighted by Gasteiger charge is -2.22. The van der Waals surface area contributed by atoms with Crippen molar-refractivity contribution in [3.05, 3.63) is 23.3 Å². The molecule has 0 spiro atoms. The minimum Gasteiger partial charge on any atom is -0.327 e. The van der Waals surface area contributed by atoms with Crippen molar-refractivity contribution in [2.75, 3.05) is 0 Å². The summed E-state index contributed by atoms with van der Waals surface area (Å²) in [4.78, 5) is 8.79. The van der Waals surface area contributed by atoms with Gasteiger partial charge in [0.15, 0.2) is 0 Å². The molecular formula is C12H19N3. The van der Waals surface area contributed by atoms with Crippen molar-refractivity contribution in [2.45, 2.75) is 51.5 Å². The molecule has 0 bridgehead atoms. The minimum atomic E-state index is 0.158. The molecule has 1 aliphatic carbocycles. The van der Waals surface area contributed by atoms with Gasteiger partial charge in [-0.25, -0.2) is 9.97 Å². The van der Waals surface area contributed by atoms with Gasteiger partial charge in [0.25, 0.3) is 0 Å². The highest BCUT2D eigenvalue weighted by atomic mass is 14.9. The van der Waals surface area contributed by atoms with Crippen molar-refractivity contribution in [1.29, 1.82) is 0 Å². The lowest BCUT2D eigenvalue weighted by Crippen LogP contribution is -2.25. The summed E-state index contributed by atoms with van der Waals surface area (Å²) in [5.74, 6) is 0.333. The van der Waals surface area contributed by atoms with Gasteiger partial charge in [-0.1, -0.05) is 6.92 Å². The molecule has 2 unspecified atom stereocenters. The third kappa shape index (κ3) is 2.02. The van der Waals surface area contributed by atoms with Crippen LogP contribution in [-0.4, -0.2) is 16.0 Å². The van der Waals surface area contributed by atoms with Crippen molar-refractivity contribution in [1.82, 2.24) is 9.97 Å². The molecule has 1 aromatic heterocycles. The van der Waals surface area contributed by atoms with Gasteiger partial charge in [0.05, 0.1) is 5.69 Å². The lowest BCUT2D eigenvalue weighted by molar-refractivity contribution is 0.571. The van der Waals surface area contributed by atoms with Crippen molar-refractivity contribution >= 4 is 0 Å². The van der Waals surface area contributed by atoms with E-state index in [2.05, 4.69) is 16.9 Å². The number of hydrogen-bond donors (Lipinski definition) is 1. The first-order valence-electron chi connectivity index (χ1n) is 5.78. The number of fused-ring (bicyclic) bond motifs is 1. The standard InChI is InChI=1S/C12H19N3/c1-8(9(2)13)12-10-5-3-4-6-11(10)14-7-15-12/h7-9H,3-6,13H2,1-2H3. The number of rotatable bonds is 2. The van der Waals surface area contributed by atoms with Gasteiger partial charge < -0.3 is 5.73 Å². The average molecular weight is 205 g/mol. The maximum atomic E-state index is 5.94. The van der Waals surface area contributed by atoms with E-state index in [1.807, 2.05) is 6.92 Å². The number of aryl methyl sites for hydroxylation is 1. The second-order valence-corrected chi connectivity index (χ2v) is 4.54. The van der Waals surface area contributed by atoms with Crippen LogP contribution in [0.15, 0.2) is 6.33 Å². The normalized spacial score (nSPS) is 19.4. The maximum Gasteiger partial charge on any atom is 0.115 e. The summed E-state index contributed by atoms with van der Waals surface area (Å²) in [6, 6.07) is 0.158. The first-order chi connectivity index (χ1) is 7.20. The second-order valence-electron chi connectivity index (χ2n) is 4.54. The molecule has 82 valence electrons. The van der Waals surface area contributed by atoms with E-state index in [1.54, 1.807) is 6.33 Å². The topological polar surface area (TPSA) is 51.8 Å². The minimum absolute atomic E-state index is 0.158. The quantitative estimate of drug-likeness (QED) is 0.801. The Morgan fingerprint density at radius 2 is 1.93 bits per heavy atom. The van der Waals surface area contributed by atoms with Gasteiger partial charge >= 0.3 is 0 Å². The highest BCUT2D eigenvalue weighted by molar-refractivity contribution is 5.29. The SMILES string of the molecule is CC(N)C(C)c1ncnc2c1CCCC2. The van der Waals surface area contributed by atoms with Crippen LogP contribution in [-0.2, 0) is 12.8 Å². The molecular weight excluding hydrogens is 186 g/mol. The molecule has 2 atom stereocenters. The maximum absolute atomic E-state index is 5.94. The highest BCUT2D eigenvalue weighted by Gasteiger charge is 2.20. The van der Waals surface area contributed by atoms with E-state index < -0.39 is 0 Å². The van der Waals surface area contributed by atoms with E-state index in [0.29, 0.717) is 5.92 Å². The Morgan fingerprint density at radius 3 is 2.67 bits per heavy atom. The van der Waals surface area contributed by atoms with E-state index in [1.165, 1.54) is 29.8 Å². The van der Waals surface area contributed by atoms with Crippen LogP contribution in [0.25, 0.3) is 0 Å². The van der Waals surface area contributed by atoms with Gasteiger partial charge in [-0.3, -0.25) is 0 Å². The Balaban J connectivity index is 2.39. The number of nitrogens with two attached hydrogens (primary N) is 1. The van der Waals surface area contributed by atoms with Crippen molar-refractivity contribution in [3.8, 4) is 0 Å². The summed E-state index contributed by atoms with van der Waals surface area (Å²) >= 11 is 0. The average Bonchev–Trinajstić information content (AvgIpc) is 2.27. The van der Waals surface area contributed by atoms with Crippen molar-refractivity contribution < 1.29 is 0 Å². The van der Waals surface area contributed by atoms with Crippen LogP contribution >= 0.6 is 0 Å².